The highest BCUT2D eigenvalue weighted by atomic mass is 16.1. The maximum absolute atomic E-state index is 12.8. The van der Waals surface area contributed by atoms with Crippen molar-refractivity contribution in [2.45, 2.75) is 52.5 Å². The summed E-state index contributed by atoms with van der Waals surface area (Å²) in [6.45, 7) is 12.6. The number of fused-ring (bicyclic) bond motifs is 1. The molecule has 1 fully saturated rings. The third-order valence-corrected chi connectivity index (χ3v) is 5.85. The van der Waals surface area contributed by atoms with Crippen LogP contribution in [0.15, 0.2) is 24.3 Å². The summed E-state index contributed by atoms with van der Waals surface area (Å²) in [6, 6.07) is 8.06. The van der Waals surface area contributed by atoms with E-state index >= 15 is 0 Å². The fourth-order valence-corrected chi connectivity index (χ4v) is 4.01. The van der Waals surface area contributed by atoms with Crippen LogP contribution in [0.4, 0.5) is 0 Å². The molecule has 1 aliphatic heterocycles. The normalized spacial score (nSPS) is 15.8. The molecule has 1 aliphatic rings. The zero-order valence-electron chi connectivity index (χ0n) is 18.2. The number of aryl methyl sites for hydroxylation is 1. The van der Waals surface area contributed by atoms with Gasteiger partial charge in [-0.15, -0.1) is 0 Å². The molecular formula is C23H37N5O. The number of para-hydroxylation sites is 1. The zero-order chi connectivity index (χ0) is 20.5. The van der Waals surface area contributed by atoms with Gasteiger partial charge in [0.2, 0.25) is 0 Å². The highest BCUT2D eigenvalue weighted by Crippen LogP contribution is 2.19. The SMILES string of the molecule is CCCCCn1nc(C(=O)NCCN2CCN(CCCC)CC2)c2ccccc21. The van der Waals surface area contributed by atoms with Gasteiger partial charge in [-0.05, 0) is 25.5 Å². The number of carbonyl (C=O) groups excluding carboxylic acids is 1. The van der Waals surface area contributed by atoms with Crippen LogP contribution in [0.25, 0.3) is 10.9 Å². The van der Waals surface area contributed by atoms with Crippen LogP contribution in [-0.4, -0.2) is 71.3 Å². The lowest BCUT2D eigenvalue weighted by Gasteiger charge is -2.34. The summed E-state index contributed by atoms with van der Waals surface area (Å²) >= 11 is 0. The van der Waals surface area contributed by atoms with Crippen molar-refractivity contribution < 1.29 is 4.79 Å². The highest BCUT2D eigenvalue weighted by molar-refractivity contribution is 6.04. The average Bonchev–Trinajstić information content (AvgIpc) is 3.12. The predicted molar refractivity (Wildman–Crippen MR) is 119 cm³/mol. The summed E-state index contributed by atoms with van der Waals surface area (Å²) < 4.78 is 2.00. The lowest BCUT2D eigenvalue weighted by molar-refractivity contribution is 0.0932. The van der Waals surface area contributed by atoms with Gasteiger partial charge in [-0.1, -0.05) is 51.3 Å². The number of unbranched alkanes of at least 4 members (excludes halogenated alkanes) is 3. The molecule has 0 atom stereocenters. The van der Waals surface area contributed by atoms with Crippen molar-refractivity contribution in [3.63, 3.8) is 0 Å². The van der Waals surface area contributed by atoms with Gasteiger partial charge in [0, 0.05) is 51.2 Å². The number of rotatable bonds is 11. The minimum Gasteiger partial charge on any atom is -0.349 e. The lowest BCUT2D eigenvalue weighted by Crippen LogP contribution is -2.48. The van der Waals surface area contributed by atoms with E-state index in [2.05, 4.69) is 40.1 Å². The van der Waals surface area contributed by atoms with Crippen LogP contribution in [0.2, 0.25) is 0 Å². The molecular weight excluding hydrogens is 362 g/mol. The smallest absolute Gasteiger partial charge is 0.272 e. The molecule has 0 aliphatic carbocycles. The molecule has 2 heterocycles. The van der Waals surface area contributed by atoms with Gasteiger partial charge in [0.1, 0.15) is 0 Å². The topological polar surface area (TPSA) is 53.4 Å². The number of aromatic nitrogens is 2. The van der Waals surface area contributed by atoms with Gasteiger partial charge in [-0.3, -0.25) is 14.4 Å². The van der Waals surface area contributed by atoms with Crippen molar-refractivity contribution in [2.75, 3.05) is 45.8 Å². The third kappa shape index (κ3) is 6.03. The molecule has 2 aromatic rings. The Morgan fingerprint density at radius 1 is 0.931 bits per heavy atom. The standard InChI is InChI=1S/C23H37N5O/c1-3-5-9-14-28-21-11-8-7-10-20(21)22(25-28)23(29)24-12-15-27-18-16-26(17-19-27)13-6-4-2/h7-8,10-11H,3-6,9,12-19H2,1-2H3,(H,24,29). The van der Waals surface area contributed by atoms with Crippen molar-refractivity contribution in [3.05, 3.63) is 30.0 Å². The molecule has 0 bridgehead atoms. The maximum Gasteiger partial charge on any atom is 0.272 e. The van der Waals surface area contributed by atoms with Crippen molar-refractivity contribution in [2.24, 2.45) is 0 Å². The van der Waals surface area contributed by atoms with Gasteiger partial charge in [0.15, 0.2) is 5.69 Å². The van der Waals surface area contributed by atoms with E-state index in [-0.39, 0.29) is 5.91 Å². The Bertz CT molecular complexity index is 764. The molecule has 1 aromatic heterocycles. The van der Waals surface area contributed by atoms with Crippen molar-refractivity contribution in [1.82, 2.24) is 24.9 Å². The van der Waals surface area contributed by atoms with E-state index in [1.807, 2.05) is 22.9 Å². The maximum atomic E-state index is 12.8. The summed E-state index contributed by atoms with van der Waals surface area (Å²) in [7, 11) is 0. The summed E-state index contributed by atoms with van der Waals surface area (Å²) in [5.74, 6) is -0.0583. The molecule has 1 amide bonds. The lowest BCUT2D eigenvalue weighted by atomic mass is 10.2. The number of benzene rings is 1. The molecule has 29 heavy (non-hydrogen) atoms. The van der Waals surface area contributed by atoms with Gasteiger partial charge in [0.25, 0.3) is 5.91 Å². The fraction of sp³-hybridized carbons (Fsp3) is 0.652. The molecule has 0 saturated carbocycles. The number of piperazine rings is 1. The fourth-order valence-electron chi connectivity index (χ4n) is 4.01. The summed E-state index contributed by atoms with van der Waals surface area (Å²) in [6.07, 6.45) is 6.00. The van der Waals surface area contributed by atoms with E-state index in [1.165, 1.54) is 32.2 Å². The van der Waals surface area contributed by atoms with E-state index in [0.717, 1.165) is 56.6 Å². The molecule has 1 N–H and O–H groups in total. The first-order valence-corrected chi connectivity index (χ1v) is 11.4. The Morgan fingerprint density at radius 3 is 2.34 bits per heavy atom. The Balaban J connectivity index is 1.50. The van der Waals surface area contributed by atoms with Gasteiger partial charge in [0.05, 0.1) is 5.52 Å². The van der Waals surface area contributed by atoms with E-state index in [4.69, 9.17) is 0 Å². The van der Waals surface area contributed by atoms with Crippen molar-refractivity contribution in [1.29, 1.82) is 0 Å². The molecule has 3 rings (SSSR count). The molecule has 1 aromatic carbocycles. The molecule has 1 saturated heterocycles. The Morgan fingerprint density at radius 2 is 1.62 bits per heavy atom. The Hall–Kier alpha value is -1.92. The van der Waals surface area contributed by atoms with Crippen LogP contribution in [0.1, 0.15) is 56.4 Å². The zero-order valence-corrected chi connectivity index (χ0v) is 18.2. The molecule has 6 nitrogen and oxygen atoms in total. The minimum absolute atomic E-state index is 0.0583. The number of amides is 1. The van der Waals surface area contributed by atoms with Crippen molar-refractivity contribution >= 4 is 16.8 Å². The number of nitrogens with one attached hydrogen (secondary N) is 1. The average molecular weight is 400 g/mol. The summed E-state index contributed by atoms with van der Waals surface area (Å²) in [5.41, 5.74) is 1.61. The first kappa shape index (κ1) is 21.8. The predicted octanol–water partition coefficient (Wildman–Crippen LogP) is 3.37. The first-order valence-electron chi connectivity index (χ1n) is 11.4. The highest BCUT2D eigenvalue weighted by Gasteiger charge is 2.18. The summed E-state index contributed by atoms with van der Waals surface area (Å²) in [4.78, 5) is 17.8. The van der Waals surface area contributed by atoms with E-state index < -0.39 is 0 Å². The van der Waals surface area contributed by atoms with Crippen LogP contribution < -0.4 is 5.32 Å². The molecule has 0 radical (unpaired) electrons. The van der Waals surface area contributed by atoms with E-state index in [1.54, 1.807) is 0 Å². The van der Waals surface area contributed by atoms with Gasteiger partial charge < -0.3 is 10.2 Å². The molecule has 0 spiro atoms. The molecule has 0 unspecified atom stereocenters. The number of nitrogens with zero attached hydrogens (tertiary/aromatic N) is 4. The second-order valence-electron chi connectivity index (χ2n) is 8.09. The monoisotopic (exact) mass is 399 g/mol. The second-order valence-corrected chi connectivity index (χ2v) is 8.09. The number of hydrogen-bond donors (Lipinski definition) is 1. The van der Waals surface area contributed by atoms with Gasteiger partial charge in [-0.25, -0.2) is 0 Å². The van der Waals surface area contributed by atoms with Crippen molar-refractivity contribution in [3.8, 4) is 0 Å². The summed E-state index contributed by atoms with van der Waals surface area (Å²) in [5, 5.41) is 8.69. The van der Waals surface area contributed by atoms with Gasteiger partial charge in [-0.2, -0.15) is 5.10 Å². The molecule has 160 valence electrons. The van der Waals surface area contributed by atoms with Crippen LogP contribution in [0.3, 0.4) is 0 Å². The van der Waals surface area contributed by atoms with Crippen LogP contribution in [-0.2, 0) is 6.54 Å². The largest absolute Gasteiger partial charge is 0.349 e. The number of carbonyl (C=O) groups is 1. The van der Waals surface area contributed by atoms with Gasteiger partial charge >= 0.3 is 0 Å². The quantitative estimate of drug-likeness (QED) is 0.589. The minimum atomic E-state index is -0.0583. The second kappa shape index (κ2) is 11.3. The number of hydrogen-bond acceptors (Lipinski definition) is 4. The molecule has 6 heteroatoms. The van der Waals surface area contributed by atoms with Crippen LogP contribution in [0, 0.1) is 0 Å². The Labute approximate surface area is 175 Å². The van der Waals surface area contributed by atoms with Crippen LogP contribution in [0.5, 0.6) is 0 Å². The first-order chi connectivity index (χ1) is 14.2. The van der Waals surface area contributed by atoms with Crippen LogP contribution >= 0.6 is 0 Å². The van der Waals surface area contributed by atoms with E-state index in [9.17, 15) is 4.79 Å². The Kier molecular flexibility index (Phi) is 8.50. The van der Waals surface area contributed by atoms with E-state index in [0.29, 0.717) is 12.2 Å². The third-order valence-electron chi connectivity index (χ3n) is 5.85.